The van der Waals surface area contributed by atoms with Gasteiger partial charge in [-0.1, -0.05) is 64.7 Å². The third-order valence-corrected chi connectivity index (χ3v) is 6.94. The van der Waals surface area contributed by atoms with Gasteiger partial charge in [-0.05, 0) is 35.8 Å². The first-order valence-electron chi connectivity index (χ1n) is 12.2. The molecule has 0 amide bonds. The zero-order chi connectivity index (χ0) is 24.5. The molecule has 2 aromatic carbocycles. The summed E-state index contributed by atoms with van der Waals surface area (Å²) in [6.45, 7) is 2.71. The van der Waals surface area contributed by atoms with Crippen molar-refractivity contribution in [2.75, 3.05) is 12.9 Å². The zero-order valence-corrected chi connectivity index (χ0v) is 20.9. The molecule has 6 nitrogen and oxygen atoms in total. The molecule has 184 valence electrons. The Kier molecular flexibility index (Phi) is 9.84. The molecule has 0 radical (unpaired) electrons. The Hall–Kier alpha value is -2.51. The highest BCUT2D eigenvalue weighted by Crippen LogP contribution is 2.31. The number of fused-ring (bicyclic) bond motifs is 2. The maximum atomic E-state index is 13.1. The van der Waals surface area contributed by atoms with Gasteiger partial charge in [-0.15, -0.1) is 0 Å². The fraction of sp³-hybridized carbons (Fsp3) is 0.481. The number of ether oxygens (including phenoxy) is 1. The van der Waals surface area contributed by atoms with Crippen molar-refractivity contribution in [3.8, 4) is 5.75 Å². The third-order valence-electron chi connectivity index (χ3n) is 6.04. The quantitative estimate of drug-likeness (QED) is 0.155. The number of unbranched alkanes of at least 4 members (excludes halogenated alkanes) is 9. The molecular weight excluding hydrogens is 452 g/mol. The monoisotopic (exact) mass is 486 g/mol. The summed E-state index contributed by atoms with van der Waals surface area (Å²) in [4.78, 5) is 24.9. The van der Waals surface area contributed by atoms with Crippen molar-refractivity contribution in [3.05, 3.63) is 46.1 Å². The number of benzene rings is 2. The minimum atomic E-state index is -1.32. The van der Waals surface area contributed by atoms with Gasteiger partial charge < -0.3 is 18.8 Å². The van der Waals surface area contributed by atoms with Crippen LogP contribution in [0.4, 0.5) is 0 Å². The Balaban J connectivity index is 1.69. The van der Waals surface area contributed by atoms with Gasteiger partial charge in [0, 0.05) is 12.1 Å². The van der Waals surface area contributed by atoms with Crippen molar-refractivity contribution in [2.24, 2.45) is 0 Å². The van der Waals surface area contributed by atoms with E-state index in [1.807, 2.05) is 0 Å². The Labute approximate surface area is 203 Å². The predicted octanol–water partition coefficient (Wildman–Crippen LogP) is 6.68. The number of rotatable bonds is 14. The van der Waals surface area contributed by atoms with Gasteiger partial charge in [-0.2, -0.15) is 0 Å². The zero-order valence-electron chi connectivity index (χ0n) is 20.1. The van der Waals surface area contributed by atoms with Crippen molar-refractivity contribution in [3.63, 3.8) is 0 Å². The van der Waals surface area contributed by atoms with E-state index in [9.17, 15) is 19.2 Å². The van der Waals surface area contributed by atoms with Crippen LogP contribution in [0.25, 0.3) is 21.9 Å². The molecule has 1 heterocycles. The highest BCUT2D eigenvalue weighted by Gasteiger charge is 2.18. The second-order valence-corrected chi connectivity index (χ2v) is 10.1. The van der Waals surface area contributed by atoms with Crippen LogP contribution in [-0.2, 0) is 11.2 Å². The second kappa shape index (κ2) is 12.8. The number of hydrogen-bond acceptors (Lipinski definition) is 5. The fourth-order valence-corrected chi connectivity index (χ4v) is 4.64. The summed E-state index contributed by atoms with van der Waals surface area (Å²) in [6, 6.07) is 7.40. The van der Waals surface area contributed by atoms with Crippen molar-refractivity contribution in [1.82, 2.24) is 0 Å². The average Bonchev–Trinajstić information content (AvgIpc) is 2.82. The summed E-state index contributed by atoms with van der Waals surface area (Å²) in [5, 5.41) is 9.66. The molecular formula is C27H34O6S. The lowest BCUT2D eigenvalue weighted by Gasteiger charge is -2.12. The minimum absolute atomic E-state index is 0.00630. The third kappa shape index (κ3) is 6.76. The van der Waals surface area contributed by atoms with Gasteiger partial charge in [0.05, 0.1) is 22.9 Å². The van der Waals surface area contributed by atoms with E-state index in [2.05, 4.69) is 6.92 Å². The van der Waals surface area contributed by atoms with Gasteiger partial charge >= 0.3 is 5.97 Å². The van der Waals surface area contributed by atoms with Crippen LogP contribution in [-0.4, -0.2) is 28.5 Å². The molecule has 0 aliphatic rings. The van der Waals surface area contributed by atoms with Crippen LogP contribution in [0.5, 0.6) is 5.75 Å². The molecule has 34 heavy (non-hydrogen) atoms. The predicted molar refractivity (Wildman–Crippen MR) is 137 cm³/mol. The van der Waals surface area contributed by atoms with E-state index in [0.717, 1.165) is 12.8 Å². The Bertz CT molecular complexity index is 1170. The SMILES string of the molecule is CCCCCCCCCCCCOc1cc([S+](C)[O-])cc2c(=O)c3cc(C(=O)O)ccc3oc12. The summed E-state index contributed by atoms with van der Waals surface area (Å²) < 4.78 is 24.1. The largest absolute Gasteiger partial charge is 0.612 e. The smallest absolute Gasteiger partial charge is 0.335 e. The van der Waals surface area contributed by atoms with Crippen LogP contribution in [0.3, 0.4) is 0 Å². The summed E-state index contributed by atoms with van der Waals surface area (Å²) in [5.41, 5.74) is 0.223. The maximum Gasteiger partial charge on any atom is 0.335 e. The van der Waals surface area contributed by atoms with Gasteiger partial charge in [0.25, 0.3) is 0 Å². The maximum absolute atomic E-state index is 13.1. The molecule has 0 aliphatic carbocycles. The van der Waals surface area contributed by atoms with Crippen LogP contribution in [0.1, 0.15) is 81.5 Å². The van der Waals surface area contributed by atoms with Crippen molar-refractivity contribution in [1.29, 1.82) is 0 Å². The minimum Gasteiger partial charge on any atom is -0.612 e. The molecule has 1 unspecified atom stereocenters. The number of carboxylic acid groups (broad SMARTS) is 1. The Morgan fingerprint density at radius 3 is 2.24 bits per heavy atom. The summed E-state index contributed by atoms with van der Waals surface area (Å²) in [6.07, 6.45) is 13.8. The number of aromatic carboxylic acids is 1. The first-order valence-corrected chi connectivity index (χ1v) is 13.7. The van der Waals surface area contributed by atoms with E-state index in [4.69, 9.17) is 9.15 Å². The van der Waals surface area contributed by atoms with Gasteiger partial charge in [-0.25, -0.2) is 4.79 Å². The van der Waals surface area contributed by atoms with E-state index in [0.29, 0.717) is 22.8 Å². The lowest BCUT2D eigenvalue weighted by atomic mass is 10.1. The first-order chi connectivity index (χ1) is 16.4. The van der Waals surface area contributed by atoms with Crippen LogP contribution in [0, 0.1) is 0 Å². The Morgan fingerprint density at radius 1 is 0.971 bits per heavy atom. The summed E-state index contributed by atoms with van der Waals surface area (Å²) in [7, 11) is 0. The standard InChI is InChI=1S/C27H34O6S/c1-3-4-5-6-7-8-9-10-11-12-15-32-24-18-20(34(2)31)17-22-25(28)21-16-19(27(29)30)13-14-23(21)33-26(22)24/h13-14,16-18H,3-12,15H2,1-2H3,(H,29,30). The molecule has 3 rings (SSSR count). The first kappa shape index (κ1) is 26.1. The molecule has 0 aliphatic heterocycles. The molecule has 0 saturated heterocycles. The molecule has 1 aromatic heterocycles. The molecule has 0 fully saturated rings. The lowest BCUT2D eigenvalue weighted by Crippen LogP contribution is -2.08. The fourth-order valence-electron chi connectivity index (χ4n) is 4.08. The van der Waals surface area contributed by atoms with Gasteiger partial charge in [0.2, 0.25) is 5.43 Å². The highest BCUT2D eigenvalue weighted by atomic mass is 32.2. The molecule has 0 saturated carbocycles. The summed E-state index contributed by atoms with van der Waals surface area (Å²) >= 11 is -1.32. The molecule has 1 atom stereocenters. The van der Waals surface area contributed by atoms with E-state index < -0.39 is 17.1 Å². The molecule has 7 heteroatoms. The Morgan fingerprint density at radius 2 is 1.62 bits per heavy atom. The van der Waals surface area contributed by atoms with Crippen LogP contribution >= 0.6 is 0 Å². The number of carbonyl (C=O) groups is 1. The van der Waals surface area contributed by atoms with Gasteiger partial charge in [-0.3, -0.25) is 4.79 Å². The normalized spacial score (nSPS) is 12.3. The molecule has 0 spiro atoms. The van der Waals surface area contributed by atoms with Crippen molar-refractivity contribution in [2.45, 2.75) is 76.0 Å². The molecule has 0 bridgehead atoms. The van der Waals surface area contributed by atoms with Crippen LogP contribution < -0.4 is 10.2 Å². The van der Waals surface area contributed by atoms with E-state index >= 15 is 0 Å². The van der Waals surface area contributed by atoms with Gasteiger partial charge in [0.1, 0.15) is 11.8 Å². The van der Waals surface area contributed by atoms with Crippen molar-refractivity contribution >= 4 is 39.1 Å². The van der Waals surface area contributed by atoms with Crippen molar-refractivity contribution < 1.29 is 23.6 Å². The molecule has 3 aromatic rings. The highest BCUT2D eigenvalue weighted by molar-refractivity contribution is 7.90. The van der Waals surface area contributed by atoms with Crippen LogP contribution in [0.2, 0.25) is 0 Å². The summed E-state index contributed by atoms with van der Waals surface area (Å²) in [5.74, 6) is -0.731. The van der Waals surface area contributed by atoms with E-state index in [1.165, 1.54) is 75.6 Å². The van der Waals surface area contributed by atoms with Crippen LogP contribution in [0.15, 0.2) is 44.4 Å². The van der Waals surface area contributed by atoms with E-state index in [1.54, 1.807) is 12.3 Å². The number of hydrogen-bond donors (Lipinski definition) is 1. The van der Waals surface area contributed by atoms with E-state index in [-0.39, 0.29) is 27.3 Å². The average molecular weight is 487 g/mol. The number of carboxylic acids is 1. The van der Waals surface area contributed by atoms with Gasteiger partial charge in [0.15, 0.2) is 16.2 Å². The molecule has 1 N–H and O–H groups in total. The topological polar surface area (TPSA) is 99.8 Å². The lowest BCUT2D eigenvalue weighted by molar-refractivity contribution is 0.0697. The second-order valence-electron chi connectivity index (χ2n) is 8.73.